The molecule has 120 valence electrons. The maximum Gasteiger partial charge on any atom is 0.237 e. The summed E-state index contributed by atoms with van der Waals surface area (Å²) >= 11 is 0. The number of nitrogens with zero attached hydrogens (tertiary/aromatic N) is 2. The first-order valence-electron chi connectivity index (χ1n) is 8.41. The summed E-state index contributed by atoms with van der Waals surface area (Å²) in [5.41, 5.74) is 0. The van der Waals surface area contributed by atoms with Crippen LogP contribution in [0.5, 0.6) is 0 Å². The van der Waals surface area contributed by atoms with Crippen molar-refractivity contribution in [2.24, 2.45) is 0 Å². The van der Waals surface area contributed by atoms with Crippen LogP contribution in [0.25, 0.3) is 0 Å². The molecule has 2 amide bonds. The van der Waals surface area contributed by atoms with Gasteiger partial charge >= 0.3 is 0 Å². The molecule has 0 radical (unpaired) electrons. The van der Waals surface area contributed by atoms with Crippen molar-refractivity contribution in [3.8, 4) is 0 Å². The van der Waals surface area contributed by atoms with E-state index in [2.05, 4.69) is 24.1 Å². The quantitative estimate of drug-likeness (QED) is 0.856. The minimum atomic E-state index is -0.295. The predicted molar refractivity (Wildman–Crippen MR) is 82.9 cm³/mol. The Morgan fingerprint density at radius 2 is 1.76 bits per heavy atom. The zero-order valence-electron chi connectivity index (χ0n) is 13.4. The lowest BCUT2D eigenvalue weighted by atomic mass is 10.0. The van der Waals surface area contributed by atoms with Crippen LogP contribution in [-0.2, 0) is 9.59 Å². The third kappa shape index (κ3) is 4.43. The van der Waals surface area contributed by atoms with Crippen molar-refractivity contribution >= 4 is 11.8 Å². The van der Waals surface area contributed by atoms with E-state index in [4.69, 9.17) is 0 Å². The van der Waals surface area contributed by atoms with Gasteiger partial charge in [0.05, 0.1) is 12.5 Å². The number of carbonyl (C=O) groups is 2. The van der Waals surface area contributed by atoms with Gasteiger partial charge in [-0.15, -0.1) is 0 Å². The van der Waals surface area contributed by atoms with Crippen molar-refractivity contribution in [3.63, 3.8) is 0 Å². The lowest BCUT2D eigenvalue weighted by molar-refractivity contribution is -0.139. The van der Waals surface area contributed by atoms with Gasteiger partial charge in [0.15, 0.2) is 0 Å². The van der Waals surface area contributed by atoms with Gasteiger partial charge in [-0.1, -0.05) is 19.3 Å². The van der Waals surface area contributed by atoms with E-state index in [1.165, 1.54) is 19.3 Å². The van der Waals surface area contributed by atoms with Crippen molar-refractivity contribution in [1.82, 2.24) is 15.1 Å². The maximum absolute atomic E-state index is 12.6. The van der Waals surface area contributed by atoms with E-state index in [-0.39, 0.29) is 17.9 Å². The molecular weight excluding hydrogens is 266 g/mol. The minimum Gasteiger partial charge on any atom is -0.353 e. The van der Waals surface area contributed by atoms with Gasteiger partial charge in [-0.25, -0.2) is 0 Å². The number of amides is 2. The molecule has 0 aromatic carbocycles. The van der Waals surface area contributed by atoms with Crippen LogP contribution in [0, 0.1) is 0 Å². The zero-order chi connectivity index (χ0) is 15.2. The number of carbonyl (C=O) groups excluding carboxylic acids is 2. The highest BCUT2D eigenvalue weighted by Crippen LogP contribution is 2.16. The average molecular weight is 295 g/mol. The number of piperazine rings is 1. The third-order valence-corrected chi connectivity index (χ3v) is 4.61. The average Bonchev–Trinajstić information content (AvgIpc) is 2.40. The van der Waals surface area contributed by atoms with Crippen molar-refractivity contribution in [2.45, 2.75) is 64.5 Å². The molecule has 0 saturated carbocycles. The van der Waals surface area contributed by atoms with Crippen LogP contribution >= 0.6 is 0 Å². The monoisotopic (exact) mass is 295 g/mol. The van der Waals surface area contributed by atoms with Gasteiger partial charge in [0.1, 0.15) is 0 Å². The fraction of sp³-hybridized carbons (Fsp3) is 0.875. The smallest absolute Gasteiger partial charge is 0.237 e. The summed E-state index contributed by atoms with van der Waals surface area (Å²) in [6.07, 6.45) is 6.23. The van der Waals surface area contributed by atoms with Crippen molar-refractivity contribution in [2.75, 3.05) is 26.2 Å². The van der Waals surface area contributed by atoms with Gasteiger partial charge in [-0.2, -0.15) is 0 Å². The first-order chi connectivity index (χ1) is 10.1. The minimum absolute atomic E-state index is 0.00958. The van der Waals surface area contributed by atoms with Crippen molar-refractivity contribution < 1.29 is 9.59 Å². The Balaban J connectivity index is 1.96. The van der Waals surface area contributed by atoms with E-state index in [0.717, 1.165) is 32.5 Å². The number of hydrogen-bond donors (Lipinski definition) is 1. The highest BCUT2D eigenvalue weighted by atomic mass is 16.2. The molecule has 2 aliphatic heterocycles. The fourth-order valence-corrected chi connectivity index (χ4v) is 3.35. The largest absolute Gasteiger partial charge is 0.353 e. The molecule has 1 atom stereocenters. The van der Waals surface area contributed by atoms with Crippen LogP contribution in [-0.4, -0.2) is 59.9 Å². The Bertz CT molecular complexity index is 363. The third-order valence-electron chi connectivity index (χ3n) is 4.61. The van der Waals surface area contributed by atoms with Gasteiger partial charge in [-0.05, 0) is 26.7 Å². The summed E-state index contributed by atoms with van der Waals surface area (Å²) < 4.78 is 0. The van der Waals surface area contributed by atoms with Gasteiger partial charge in [-0.3, -0.25) is 14.5 Å². The molecule has 2 saturated heterocycles. The first kappa shape index (κ1) is 16.3. The molecule has 2 heterocycles. The van der Waals surface area contributed by atoms with Crippen molar-refractivity contribution in [3.05, 3.63) is 0 Å². The number of likely N-dealkylation sites (tertiary alicyclic amines) is 1. The van der Waals surface area contributed by atoms with Gasteiger partial charge < -0.3 is 10.2 Å². The molecule has 0 bridgehead atoms. The standard InChI is InChI=1S/C16H29N3O2/c1-13(2)19-11-8-17-16(21)14(19)12-15(20)18-9-6-4-3-5-7-10-18/h13-14H,3-12H2,1-2H3,(H,17,21). The van der Waals surface area contributed by atoms with E-state index in [9.17, 15) is 9.59 Å². The van der Waals surface area contributed by atoms with Crippen molar-refractivity contribution in [1.29, 1.82) is 0 Å². The highest BCUT2D eigenvalue weighted by molar-refractivity contribution is 5.88. The summed E-state index contributed by atoms with van der Waals surface area (Å²) in [6, 6.07) is -0.00197. The normalized spacial score (nSPS) is 25.4. The second kappa shape index (κ2) is 7.78. The number of hydrogen-bond acceptors (Lipinski definition) is 3. The molecule has 1 N–H and O–H groups in total. The molecule has 5 heteroatoms. The highest BCUT2D eigenvalue weighted by Gasteiger charge is 2.34. The van der Waals surface area contributed by atoms with Crippen LogP contribution in [0.2, 0.25) is 0 Å². The Morgan fingerprint density at radius 1 is 1.14 bits per heavy atom. The van der Waals surface area contributed by atoms with Crippen LogP contribution in [0.3, 0.4) is 0 Å². The Labute approximate surface area is 128 Å². The number of nitrogens with one attached hydrogen (secondary N) is 1. The van der Waals surface area contributed by atoms with Gasteiger partial charge in [0, 0.05) is 32.2 Å². The Hall–Kier alpha value is -1.10. The Morgan fingerprint density at radius 3 is 2.38 bits per heavy atom. The second-order valence-electron chi connectivity index (χ2n) is 6.49. The molecular formula is C16H29N3O2. The summed E-state index contributed by atoms with van der Waals surface area (Å²) in [4.78, 5) is 28.8. The molecule has 21 heavy (non-hydrogen) atoms. The zero-order valence-corrected chi connectivity index (χ0v) is 13.4. The molecule has 1 unspecified atom stereocenters. The summed E-state index contributed by atoms with van der Waals surface area (Å²) in [5.74, 6) is 0.153. The number of rotatable bonds is 3. The van der Waals surface area contributed by atoms with E-state index in [1.54, 1.807) is 0 Å². The summed E-state index contributed by atoms with van der Waals surface area (Å²) in [6.45, 7) is 7.41. The molecule has 2 aliphatic rings. The fourth-order valence-electron chi connectivity index (χ4n) is 3.35. The summed E-state index contributed by atoms with van der Waals surface area (Å²) in [7, 11) is 0. The molecule has 0 aromatic heterocycles. The topological polar surface area (TPSA) is 52.7 Å². The lowest BCUT2D eigenvalue weighted by Crippen LogP contribution is -2.58. The van der Waals surface area contributed by atoms with Gasteiger partial charge in [0.2, 0.25) is 11.8 Å². The molecule has 0 spiro atoms. The lowest BCUT2D eigenvalue weighted by Gasteiger charge is -2.38. The maximum atomic E-state index is 12.6. The van der Waals surface area contributed by atoms with Crippen LogP contribution in [0.1, 0.15) is 52.4 Å². The summed E-state index contributed by atoms with van der Waals surface area (Å²) in [5, 5.41) is 2.90. The molecule has 0 aromatic rings. The Kier molecular flexibility index (Phi) is 6.03. The van der Waals surface area contributed by atoms with E-state index < -0.39 is 0 Å². The van der Waals surface area contributed by atoms with Crippen LogP contribution < -0.4 is 5.32 Å². The molecule has 2 rings (SSSR count). The predicted octanol–water partition coefficient (Wildman–Crippen LogP) is 1.38. The first-order valence-corrected chi connectivity index (χ1v) is 8.41. The molecule has 0 aliphatic carbocycles. The molecule has 5 nitrogen and oxygen atoms in total. The van der Waals surface area contributed by atoms with Gasteiger partial charge in [0.25, 0.3) is 0 Å². The second-order valence-corrected chi connectivity index (χ2v) is 6.49. The molecule has 2 fully saturated rings. The van der Waals surface area contributed by atoms with Crippen LogP contribution in [0.15, 0.2) is 0 Å². The van der Waals surface area contributed by atoms with E-state index in [0.29, 0.717) is 19.0 Å². The van der Waals surface area contributed by atoms with Crippen LogP contribution in [0.4, 0.5) is 0 Å². The SMILES string of the molecule is CC(C)N1CCNC(=O)C1CC(=O)N1CCCCCCC1. The van der Waals surface area contributed by atoms with E-state index in [1.807, 2.05) is 4.90 Å². The van der Waals surface area contributed by atoms with E-state index >= 15 is 0 Å².